The monoisotopic (exact) mass is 393 g/mol. The number of carboxylic acids is 1. The number of amides is 3. The van der Waals surface area contributed by atoms with Gasteiger partial charge in [0.25, 0.3) is 11.5 Å². The van der Waals surface area contributed by atoms with Gasteiger partial charge in [-0.25, -0.2) is 9.48 Å². The molecule has 148 valence electrons. The molecule has 0 aliphatic rings. The minimum absolute atomic E-state index is 0.0634. The molecule has 0 fully saturated rings. The molecule has 9 nitrogen and oxygen atoms in total. The van der Waals surface area contributed by atoms with Crippen LogP contribution in [0.25, 0.3) is 10.8 Å². The number of imide groups is 1. The van der Waals surface area contributed by atoms with Gasteiger partial charge in [0.1, 0.15) is 5.69 Å². The van der Waals surface area contributed by atoms with Crippen LogP contribution in [0.15, 0.2) is 59.4 Å². The molecule has 0 saturated carbocycles. The lowest BCUT2D eigenvalue weighted by Gasteiger charge is -2.20. The number of fused-ring (bicyclic) bond motifs is 1. The van der Waals surface area contributed by atoms with E-state index in [2.05, 4.69) is 15.7 Å². The Kier molecular flexibility index (Phi) is 5.68. The summed E-state index contributed by atoms with van der Waals surface area (Å²) < 4.78 is 0.761. The number of urea groups is 1. The Morgan fingerprint density at radius 2 is 1.66 bits per heavy atom. The average Bonchev–Trinajstić information content (AvgIpc) is 2.70. The highest BCUT2D eigenvalue weighted by molar-refractivity contribution is 6.01. The third-order valence-corrected chi connectivity index (χ3v) is 4.20. The van der Waals surface area contributed by atoms with E-state index in [9.17, 15) is 24.3 Å². The molecule has 2 aromatic carbocycles. The van der Waals surface area contributed by atoms with Gasteiger partial charge in [-0.1, -0.05) is 48.5 Å². The Morgan fingerprint density at radius 1 is 1.03 bits per heavy atom. The van der Waals surface area contributed by atoms with Crippen LogP contribution in [0.1, 0.15) is 29.0 Å². The van der Waals surface area contributed by atoms with Gasteiger partial charge in [0.05, 0.1) is 11.4 Å². The van der Waals surface area contributed by atoms with Gasteiger partial charge in [0, 0.05) is 11.9 Å². The van der Waals surface area contributed by atoms with Crippen molar-refractivity contribution in [2.75, 3.05) is 6.54 Å². The minimum atomic E-state index is -1.59. The maximum absolute atomic E-state index is 13.0. The number of hydrogen-bond donors (Lipinski definition) is 2. The van der Waals surface area contributed by atoms with Crippen molar-refractivity contribution >= 4 is 28.7 Å². The van der Waals surface area contributed by atoms with Gasteiger partial charge in [-0.15, -0.1) is 0 Å². The lowest BCUT2D eigenvalue weighted by Crippen LogP contribution is -2.46. The number of nitrogens with one attached hydrogen (secondary N) is 2. The SMILES string of the molecule is CCNC(=O)NC(=O)[C@H](c1ccccc1)n1nc(C(=O)[O-])c2ccccc2c1=O. The highest BCUT2D eigenvalue weighted by Gasteiger charge is 2.28. The number of carboxylic acid groups (broad SMARTS) is 1. The minimum Gasteiger partial charge on any atom is -0.543 e. The quantitative estimate of drug-likeness (QED) is 0.636. The van der Waals surface area contributed by atoms with Crippen molar-refractivity contribution < 1.29 is 19.5 Å². The second-order valence-corrected chi connectivity index (χ2v) is 6.09. The zero-order chi connectivity index (χ0) is 21.0. The lowest BCUT2D eigenvalue weighted by atomic mass is 10.1. The van der Waals surface area contributed by atoms with Crippen LogP contribution in [-0.4, -0.2) is 34.2 Å². The van der Waals surface area contributed by atoms with Gasteiger partial charge >= 0.3 is 6.03 Å². The van der Waals surface area contributed by atoms with Crippen LogP contribution in [0.3, 0.4) is 0 Å². The summed E-state index contributed by atoms with van der Waals surface area (Å²) in [6.45, 7) is 1.97. The number of carbonyl (C=O) groups excluding carboxylic acids is 3. The number of aromatic carboxylic acids is 1. The fourth-order valence-corrected chi connectivity index (χ4v) is 2.96. The van der Waals surface area contributed by atoms with Crippen molar-refractivity contribution in [2.45, 2.75) is 13.0 Å². The number of benzene rings is 2. The average molecular weight is 393 g/mol. The lowest BCUT2D eigenvalue weighted by molar-refractivity contribution is -0.255. The number of aromatic nitrogens is 2. The van der Waals surface area contributed by atoms with Crippen LogP contribution in [-0.2, 0) is 4.79 Å². The molecule has 1 atom stereocenters. The van der Waals surface area contributed by atoms with E-state index in [0.717, 1.165) is 4.68 Å². The molecule has 0 unspecified atom stereocenters. The second-order valence-electron chi connectivity index (χ2n) is 6.09. The summed E-state index contributed by atoms with van der Waals surface area (Å²) in [5.74, 6) is -2.43. The third-order valence-electron chi connectivity index (χ3n) is 4.20. The van der Waals surface area contributed by atoms with Gasteiger partial charge in [-0.3, -0.25) is 14.9 Å². The fraction of sp³-hybridized carbons (Fsp3) is 0.150. The van der Waals surface area contributed by atoms with Crippen LogP contribution < -0.4 is 21.3 Å². The molecule has 0 aliphatic heterocycles. The molecule has 0 aliphatic carbocycles. The second kappa shape index (κ2) is 8.34. The Hall–Kier alpha value is -4.01. The number of hydrogen-bond acceptors (Lipinski definition) is 6. The first-order valence-electron chi connectivity index (χ1n) is 8.80. The van der Waals surface area contributed by atoms with E-state index in [1.165, 1.54) is 12.1 Å². The van der Waals surface area contributed by atoms with E-state index in [1.807, 2.05) is 0 Å². The maximum atomic E-state index is 13.0. The summed E-state index contributed by atoms with van der Waals surface area (Å²) in [5.41, 5.74) is -0.805. The van der Waals surface area contributed by atoms with Crippen molar-refractivity contribution in [2.24, 2.45) is 0 Å². The van der Waals surface area contributed by atoms with Crippen molar-refractivity contribution in [1.82, 2.24) is 20.4 Å². The smallest absolute Gasteiger partial charge is 0.321 e. The molecular formula is C20H17N4O5-. The molecule has 0 bridgehead atoms. The Morgan fingerprint density at radius 3 is 2.28 bits per heavy atom. The number of rotatable bonds is 5. The van der Waals surface area contributed by atoms with Gasteiger partial charge in [-0.2, -0.15) is 5.10 Å². The van der Waals surface area contributed by atoms with Crippen molar-refractivity contribution in [3.05, 3.63) is 76.2 Å². The molecule has 0 spiro atoms. The third kappa shape index (κ3) is 3.98. The van der Waals surface area contributed by atoms with E-state index in [1.54, 1.807) is 49.4 Å². The summed E-state index contributed by atoms with van der Waals surface area (Å²) in [6.07, 6.45) is 0. The van der Waals surface area contributed by atoms with Gasteiger partial charge in [0.2, 0.25) is 0 Å². The molecule has 9 heteroatoms. The molecule has 3 amide bonds. The topological polar surface area (TPSA) is 133 Å². The van der Waals surface area contributed by atoms with E-state index in [-0.39, 0.29) is 17.3 Å². The molecule has 0 radical (unpaired) electrons. The van der Waals surface area contributed by atoms with Gasteiger partial charge in [0.15, 0.2) is 6.04 Å². The molecular weight excluding hydrogens is 376 g/mol. The van der Waals surface area contributed by atoms with Gasteiger partial charge in [-0.05, 0) is 18.6 Å². The number of carbonyl (C=O) groups is 3. The molecule has 2 N–H and O–H groups in total. The molecule has 29 heavy (non-hydrogen) atoms. The van der Waals surface area contributed by atoms with Crippen molar-refractivity contribution in [3.63, 3.8) is 0 Å². The molecule has 0 saturated heterocycles. The number of nitrogens with zero attached hydrogens (tertiary/aromatic N) is 2. The Bertz CT molecular complexity index is 1140. The zero-order valence-corrected chi connectivity index (χ0v) is 15.4. The molecule has 1 heterocycles. The van der Waals surface area contributed by atoms with Crippen LogP contribution in [0.5, 0.6) is 0 Å². The fourth-order valence-electron chi connectivity index (χ4n) is 2.96. The Labute approximate surface area is 165 Å². The van der Waals surface area contributed by atoms with Crippen molar-refractivity contribution in [3.8, 4) is 0 Å². The van der Waals surface area contributed by atoms with Crippen molar-refractivity contribution in [1.29, 1.82) is 0 Å². The Balaban J connectivity index is 2.23. The zero-order valence-electron chi connectivity index (χ0n) is 15.4. The van der Waals surface area contributed by atoms with Crippen LogP contribution in [0.2, 0.25) is 0 Å². The first-order valence-corrected chi connectivity index (χ1v) is 8.80. The van der Waals surface area contributed by atoms with E-state index < -0.39 is 35.2 Å². The highest BCUT2D eigenvalue weighted by atomic mass is 16.4. The largest absolute Gasteiger partial charge is 0.543 e. The maximum Gasteiger partial charge on any atom is 0.321 e. The summed E-state index contributed by atoms with van der Waals surface area (Å²) in [4.78, 5) is 49.4. The van der Waals surface area contributed by atoms with E-state index >= 15 is 0 Å². The summed E-state index contributed by atoms with van der Waals surface area (Å²) in [7, 11) is 0. The molecule has 1 aromatic heterocycles. The predicted octanol–water partition coefficient (Wildman–Crippen LogP) is 0.195. The molecule has 3 rings (SSSR count). The first-order chi connectivity index (χ1) is 13.9. The summed E-state index contributed by atoms with van der Waals surface area (Å²) in [6, 6.07) is 12.1. The summed E-state index contributed by atoms with van der Waals surface area (Å²) >= 11 is 0. The predicted molar refractivity (Wildman–Crippen MR) is 102 cm³/mol. The van der Waals surface area contributed by atoms with E-state index in [4.69, 9.17) is 0 Å². The van der Waals surface area contributed by atoms with Crippen LogP contribution >= 0.6 is 0 Å². The normalized spacial score (nSPS) is 11.6. The standard InChI is InChI=1S/C20H18N4O5/c1-2-21-20(29)22-17(25)16(12-8-4-3-5-9-12)24-18(26)14-11-7-6-10-13(14)15(23-24)19(27)28/h3-11,16H,2H2,1H3,(H,27,28)(H2,21,22,25,29)/p-1/t16-/m0/s1. The van der Waals surface area contributed by atoms with Crippen LogP contribution in [0.4, 0.5) is 4.79 Å². The highest BCUT2D eigenvalue weighted by Crippen LogP contribution is 2.19. The van der Waals surface area contributed by atoms with Crippen LogP contribution in [0, 0.1) is 0 Å². The molecule has 3 aromatic rings. The first kappa shape index (κ1) is 19.7. The van der Waals surface area contributed by atoms with E-state index in [0.29, 0.717) is 5.56 Å². The summed E-state index contributed by atoms with van der Waals surface area (Å²) in [5, 5.41) is 20.3. The van der Waals surface area contributed by atoms with Gasteiger partial charge < -0.3 is 15.2 Å².